The molecule has 0 saturated carbocycles. The van der Waals surface area contributed by atoms with Crippen LogP contribution in [0.3, 0.4) is 0 Å². The fraction of sp³-hybridized carbons (Fsp3) is 0. The summed E-state index contributed by atoms with van der Waals surface area (Å²) in [5.41, 5.74) is 10.8. The molecule has 7 aromatic carbocycles. The Morgan fingerprint density at radius 1 is 0.385 bits per heavy atom. The average molecular weight is 685 g/mol. The molecule has 3 aromatic heterocycles. The Hall–Kier alpha value is -6.76. The van der Waals surface area contributed by atoms with Crippen molar-refractivity contribution in [2.45, 2.75) is 0 Å². The first kappa shape index (κ1) is 30.1. The first-order valence-electron chi connectivity index (χ1n) is 17.1. The highest BCUT2D eigenvalue weighted by molar-refractivity contribution is 7.22. The molecule has 52 heavy (non-hydrogen) atoms. The number of aromatic nitrogens is 4. The number of rotatable bonds is 6. The van der Waals surface area contributed by atoms with Crippen LogP contribution in [-0.4, -0.2) is 19.9 Å². The molecule has 5 nitrogen and oxygen atoms in total. The van der Waals surface area contributed by atoms with Gasteiger partial charge in [-0.25, -0.2) is 19.9 Å². The van der Waals surface area contributed by atoms with Crippen molar-refractivity contribution in [2.75, 3.05) is 0 Å². The molecule has 0 fully saturated rings. The number of nitrogens with zero attached hydrogens (tertiary/aromatic N) is 4. The fourth-order valence-corrected chi connectivity index (χ4v) is 7.91. The second kappa shape index (κ2) is 12.5. The van der Waals surface area contributed by atoms with Gasteiger partial charge in [0.05, 0.1) is 15.8 Å². The van der Waals surface area contributed by atoms with Gasteiger partial charge >= 0.3 is 0 Å². The van der Waals surface area contributed by atoms with Crippen molar-refractivity contribution in [1.29, 1.82) is 0 Å². The van der Waals surface area contributed by atoms with Crippen LogP contribution in [0.4, 0.5) is 0 Å². The van der Waals surface area contributed by atoms with Gasteiger partial charge in [-0.1, -0.05) is 158 Å². The molecule has 0 bridgehead atoms. The smallest absolute Gasteiger partial charge is 0.166 e. The largest absolute Gasteiger partial charge is 0.456 e. The van der Waals surface area contributed by atoms with Gasteiger partial charge in [-0.05, 0) is 28.3 Å². The fourth-order valence-electron chi connectivity index (χ4n) is 6.82. The lowest BCUT2D eigenvalue weighted by Gasteiger charge is -2.11. The van der Waals surface area contributed by atoms with E-state index in [1.807, 2.05) is 78.9 Å². The van der Waals surface area contributed by atoms with Crippen molar-refractivity contribution in [1.82, 2.24) is 19.9 Å². The van der Waals surface area contributed by atoms with E-state index in [9.17, 15) is 0 Å². The molecule has 0 unspecified atom stereocenters. The van der Waals surface area contributed by atoms with Crippen molar-refractivity contribution < 1.29 is 4.42 Å². The molecule has 3 heterocycles. The average Bonchev–Trinajstić information content (AvgIpc) is 3.82. The second-order valence-electron chi connectivity index (χ2n) is 12.6. The van der Waals surface area contributed by atoms with E-state index in [1.54, 1.807) is 11.3 Å². The maximum absolute atomic E-state index is 6.45. The maximum Gasteiger partial charge on any atom is 0.166 e. The van der Waals surface area contributed by atoms with Gasteiger partial charge in [0.15, 0.2) is 17.5 Å². The second-order valence-corrected chi connectivity index (χ2v) is 13.6. The molecule has 10 aromatic rings. The molecule has 10 rings (SSSR count). The Labute approximate surface area is 303 Å². The van der Waals surface area contributed by atoms with Crippen LogP contribution in [0.1, 0.15) is 0 Å². The quantitative estimate of drug-likeness (QED) is 0.174. The highest BCUT2D eigenvalue weighted by atomic mass is 32.1. The van der Waals surface area contributed by atoms with Crippen LogP contribution in [0.15, 0.2) is 174 Å². The van der Waals surface area contributed by atoms with E-state index >= 15 is 0 Å². The summed E-state index contributed by atoms with van der Waals surface area (Å²) >= 11 is 1.65. The molecule has 0 aliphatic rings. The number of hydrogen-bond acceptors (Lipinski definition) is 6. The number of para-hydroxylation sites is 1. The van der Waals surface area contributed by atoms with Crippen LogP contribution in [0.25, 0.3) is 99.1 Å². The molecular formula is C46H28N4OS. The van der Waals surface area contributed by atoms with E-state index < -0.39 is 0 Å². The molecule has 0 N–H and O–H groups in total. The van der Waals surface area contributed by atoms with E-state index in [0.29, 0.717) is 17.5 Å². The Balaban J connectivity index is 1.15. The third-order valence-electron chi connectivity index (χ3n) is 9.40. The van der Waals surface area contributed by atoms with E-state index in [2.05, 4.69) is 91.0 Å². The summed E-state index contributed by atoms with van der Waals surface area (Å²) in [7, 11) is 0. The van der Waals surface area contributed by atoms with Crippen LogP contribution in [0.2, 0.25) is 0 Å². The molecule has 0 aliphatic carbocycles. The van der Waals surface area contributed by atoms with Gasteiger partial charge < -0.3 is 4.42 Å². The molecule has 0 amide bonds. The molecule has 244 valence electrons. The summed E-state index contributed by atoms with van der Waals surface area (Å²) in [6, 6.07) is 58.1. The van der Waals surface area contributed by atoms with Crippen molar-refractivity contribution >= 4 is 43.5 Å². The number of thiazole rings is 1. The normalized spacial score (nSPS) is 11.5. The first-order valence-corrected chi connectivity index (χ1v) is 18.0. The van der Waals surface area contributed by atoms with Gasteiger partial charge in [0.2, 0.25) is 0 Å². The minimum absolute atomic E-state index is 0.579. The van der Waals surface area contributed by atoms with Gasteiger partial charge in [0, 0.05) is 33.5 Å². The summed E-state index contributed by atoms with van der Waals surface area (Å²) in [5.74, 6) is 1.78. The third kappa shape index (κ3) is 5.34. The molecule has 0 atom stereocenters. The van der Waals surface area contributed by atoms with E-state index in [1.165, 1.54) is 11.1 Å². The third-order valence-corrected chi connectivity index (χ3v) is 10.5. The van der Waals surface area contributed by atoms with Gasteiger partial charge in [0.25, 0.3) is 0 Å². The standard InChI is InChI=1S/C46H28N4OS/c1-4-12-29(13-5-1)30-20-22-31(23-21-30)32-24-26-34(27-25-32)44-48-43(33-14-6-2-7-15-33)49-45(50-44)41-40-36-18-10-11-19-38(36)51-39(40)28-37-42(41)52-46(47-37)35-16-8-3-9-17-35/h1-28H. The molecular weight excluding hydrogens is 657 g/mol. The Morgan fingerprint density at radius 2 is 0.846 bits per heavy atom. The number of fused-ring (bicyclic) bond motifs is 4. The lowest BCUT2D eigenvalue weighted by atomic mass is 9.99. The summed E-state index contributed by atoms with van der Waals surface area (Å²) in [6.45, 7) is 0. The monoisotopic (exact) mass is 684 g/mol. The molecule has 0 radical (unpaired) electrons. The minimum atomic E-state index is 0.579. The molecule has 0 saturated heterocycles. The van der Waals surface area contributed by atoms with Crippen LogP contribution in [-0.2, 0) is 0 Å². The lowest BCUT2D eigenvalue weighted by molar-refractivity contribution is 0.669. The Bertz CT molecular complexity index is 2870. The number of hydrogen-bond donors (Lipinski definition) is 0. The van der Waals surface area contributed by atoms with Crippen molar-refractivity contribution in [3.8, 4) is 67.0 Å². The van der Waals surface area contributed by atoms with E-state index in [-0.39, 0.29) is 0 Å². The van der Waals surface area contributed by atoms with Gasteiger partial charge in [-0.3, -0.25) is 0 Å². The van der Waals surface area contributed by atoms with E-state index in [0.717, 1.165) is 70.5 Å². The molecule has 6 heteroatoms. The first-order chi connectivity index (χ1) is 25.7. The zero-order valence-electron chi connectivity index (χ0n) is 27.8. The predicted molar refractivity (Wildman–Crippen MR) is 213 cm³/mol. The lowest BCUT2D eigenvalue weighted by Crippen LogP contribution is -2.00. The maximum atomic E-state index is 6.45. The number of benzene rings is 7. The van der Waals surface area contributed by atoms with Gasteiger partial charge in [-0.15, -0.1) is 11.3 Å². The van der Waals surface area contributed by atoms with Crippen LogP contribution >= 0.6 is 11.3 Å². The van der Waals surface area contributed by atoms with Crippen molar-refractivity contribution in [3.05, 3.63) is 170 Å². The molecule has 0 aliphatic heterocycles. The summed E-state index contributed by atoms with van der Waals surface area (Å²) in [6.07, 6.45) is 0. The van der Waals surface area contributed by atoms with Crippen molar-refractivity contribution in [3.63, 3.8) is 0 Å². The van der Waals surface area contributed by atoms with Gasteiger partial charge in [0.1, 0.15) is 16.2 Å². The van der Waals surface area contributed by atoms with Crippen LogP contribution < -0.4 is 0 Å². The van der Waals surface area contributed by atoms with Crippen LogP contribution in [0, 0.1) is 0 Å². The predicted octanol–water partition coefficient (Wildman–Crippen LogP) is 12.4. The Morgan fingerprint density at radius 3 is 1.46 bits per heavy atom. The van der Waals surface area contributed by atoms with Crippen LogP contribution in [0.5, 0.6) is 0 Å². The van der Waals surface area contributed by atoms with E-state index in [4.69, 9.17) is 24.4 Å². The van der Waals surface area contributed by atoms with Gasteiger partial charge in [-0.2, -0.15) is 0 Å². The highest BCUT2D eigenvalue weighted by Gasteiger charge is 2.23. The zero-order chi connectivity index (χ0) is 34.4. The highest BCUT2D eigenvalue weighted by Crippen LogP contribution is 2.45. The zero-order valence-corrected chi connectivity index (χ0v) is 28.6. The molecule has 0 spiro atoms. The minimum Gasteiger partial charge on any atom is -0.456 e. The summed E-state index contributed by atoms with van der Waals surface area (Å²) in [4.78, 5) is 20.6. The number of furan rings is 1. The SMILES string of the molecule is c1ccc(-c2ccc(-c3ccc(-c4nc(-c5ccccc5)nc(-c5c6sc(-c7ccccc7)nc6cc6oc7ccccc7c56)n4)cc3)cc2)cc1. The summed E-state index contributed by atoms with van der Waals surface area (Å²) in [5, 5.41) is 2.91. The topological polar surface area (TPSA) is 64.7 Å². The Kier molecular flexibility index (Phi) is 7.25. The van der Waals surface area contributed by atoms with Crippen molar-refractivity contribution in [2.24, 2.45) is 0 Å². The summed E-state index contributed by atoms with van der Waals surface area (Å²) < 4.78 is 7.45.